The maximum Gasteiger partial charge on any atom is 0.222 e. The molecule has 0 fully saturated rings. The third-order valence-corrected chi connectivity index (χ3v) is 3.52. The summed E-state index contributed by atoms with van der Waals surface area (Å²) < 4.78 is 0. The van der Waals surface area contributed by atoms with E-state index in [2.05, 4.69) is 40.0 Å². The molecule has 3 N–H and O–H groups in total. The maximum absolute atomic E-state index is 11.7. The summed E-state index contributed by atoms with van der Waals surface area (Å²) in [5, 5.41) is 9.45. The fourth-order valence-corrected chi connectivity index (χ4v) is 2.03. The van der Waals surface area contributed by atoms with Crippen molar-refractivity contribution >= 4 is 35.8 Å². The Hall–Kier alpha value is -1.31. The van der Waals surface area contributed by atoms with E-state index in [1.165, 1.54) is 5.56 Å². The molecular weight excluding hydrogens is 415 g/mol. The van der Waals surface area contributed by atoms with Crippen molar-refractivity contribution in [3.63, 3.8) is 0 Å². The number of nitrogens with zero attached hydrogens (tertiary/aromatic N) is 1. The Morgan fingerprint density at radius 2 is 1.88 bits per heavy atom. The molecule has 0 aliphatic heterocycles. The smallest absolute Gasteiger partial charge is 0.222 e. The first-order valence-corrected chi connectivity index (χ1v) is 8.51. The normalized spacial score (nSPS) is 12.0. The van der Waals surface area contributed by atoms with Crippen molar-refractivity contribution in [3.8, 4) is 0 Å². The number of hydrogen-bond donors (Lipinski definition) is 3. The van der Waals surface area contributed by atoms with Gasteiger partial charge in [-0.25, -0.2) is 0 Å². The number of guanidine groups is 1. The molecule has 24 heavy (non-hydrogen) atoms. The van der Waals surface area contributed by atoms with Crippen molar-refractivity contribution in [1.82, 2.24) is 16.0 Å². The highest BCUT2D eigenvalue weighted by Gasteiger charge is 2.05. The van der Waals surface area contributed by atoms with Crippen LogP contribution in [-0.2, 0) is 11.2 Å². The molecule has 136 valence electrons. The summed E-state index contributed by atoms with van der Waals surface area (Å²) in [6.07, 6.45) is 2.30. The van der Waals surface area contributed by atoms with Gasteiger partial charge in [0.15, 0.2) is 5.96 Å². The van der Waals surface area contributed by atoms with Gasteiger partial charge in [0, 0.05) is 25.6 Å². The summed E-state index contributed by atoms with van der Waals surface area (Å²) >= 11 is 0. The van der Waals surface area contributed by atoms with Gasteiger partial charge in [-0.05, 0) is 32.3 Å². The summed E-state index contributed by atoms with van der Waals surface area (Å²) in [6.45, 7) is 8.21. The Balaban J connectivity index is 0.00000529. The highest BCUT2D eigenvalue weighted by Crippen LogP contribution is 1.98. The van der Waals surface area contributed by atoms with E-state index in [4.69, 9.17) is 0 Å². The second-order valence-corrected chi connectivity index (χ2v) is 5.55. The fourth-order valence-electron chi connectivity index (χ4n) is 2.03. The number of hydrogen-bond acceptors (Lipinski definition) is 2. The Morgan fingerprint density at radius 3 is 2.50 bits per heavy atom. The molecule has 1 rings (SSSR count). The minimum atomic E-state index is 0. The first-order valence-electron chi connectivity index (χ1n) is 8.51. The molecule has 1 aromatic carbocycles. The lowest BCUT2D eigenvalue weighted by Crippen LogP contribution is -2.38. The van der Waals surface area contributed by atoms with Crippen LogP contribution in [0.1, 0.15) is 39.2 Å². The van der Waals surface area contributed by atoms with Gasteiger partial charge in [-0.2, -0.15) is 0 Å². The van der Waals surface area contributed by atoms with Crippen LogP contribution in [0.3, 0.4) is 0 Å². The number of carbonyl (C=O) groups is 1. The van der Waals surface area contributed by atoms with Crippen LogP contribution >= 0.6 is 24.0 Å². The van der Waals surface area contributed by atoms with Gasteiger partial charge in [-0.15, -0.1) is 24.0 Å². The van der Waals surface area contributed by atoms with E-state index in [-0.39, 0.29) is 35.9 Å². The fraction of sp³-hybridized carbons (Fsp3) is 0.556. The maximum atomic E-state index is 11.7. The molecule has 0 aliphatic carbocycles. The van der Waals surface area contributed by atoms with Crippen LogP contribution in [0.5, 0.6) is 0 Å². The Bertz CT molecular complexity index is 479. The molecule has 1 aromatic rings. The van der Waals surface area contributed by atoms with Crippen molar-refractivity contribution in [1.29, 1.82) is 0 Å². The summed E-state index contributed by atoms with van der Waals surface area (Å²) in [5.41, 5.74) is 1.30. The molecule has 1 atom stereocenters. The van der Waals surface area contributed by atoms with Crippen molar-refractivity contribution in [2.24, 2.45) is 4.99 Å². The predicted molar refractivity (Wildman–Crippen MR) is 112 cm³/mol. The monoisotopic (exact) mass is 446 g/mol. The average Bonchev–Trinajstić information content (AvgIpc) is 2.55. The number of amides is 1. The average molecular weight is 446 g/mol. The third kappa shape index (κ3) is 10.5. The first-order chi connectivity index (χ1) is 11.2. The van der Waals surface area contributed by atoms with Crippen molar-refractivity contribution in [3.05, 3.63) is 35.9 Å². The van der Waals surface area contributed by atoms with E-state index in [1.807, 2.05) is 32.0 Å². The molecule has 6 heteroatoms. The molecule has 0 aliphatic rings. The highest BCUT2D eigenvalue weighted by molar-refractivity contribution is 14.0. The molecular formula is C18H31IN4O. The van der Waals surface area contributed by atoms with Gasteiger partial charge in [0.2, 0.25) is 5.91 Å². The zero-order valence-electron chi connectivity index (χ0n) is 15.0. The van der Waals surface area contributed by atoms with E-state index in [9.17, 15) is 4.79 Å². The van der Waals surface area contributed by atoms with Crippen LogP contribution in [0, 0.1) is 0 Å². The standard InChI is InChI=1S/C18H30N4O.HI/c1-4-15(3)22-17(23)12-14-21-18(19-5-2)20-13-11-16-9-7-6-8-10-16;/h6-10,15H,4-5,11-14H2,1-3H3,(H,22,23)(H2,19,20,21);1H. The number of carbonyl (C=O) groups excluding carboxylic acids is 1. The molecule has 0 heterocycles. The lowest BCUT2D eigenvalue weighted by molar-refractivity contribution is -0.121. The van der Waals surface area contributed by atoms with E-state index in [0.717, 1.165) is 31.9 Å². The van der Waals surface area contributed by atoms with Gasteiger partial charge in [-0.1, -0.05) is 37.3 Å². The molecule has 0 spiro atoms. The van der Waals surface area contributed by atoms with Crippen LogP contribution < -0.4 is 16.0 Å². The number of benzene rings is 1. The predicted octanol–water partition coefficient (Wildman–Crippen LogP) is 2.71. The lowest BCUT2D eigenvalue weighted by Gasteiger charge is -2.12. The number of halogens is 1. The summed E-state index contributed by atoms with van der Waals surface area (Å²) in [4.78, 5) is 16.2. The SMILES string of the molecule is CCNC(=NCCC(=O)NC(C)CC)NCCc1ccccc1.I. The van der Waals surface area contributed by atoms with Crippen molar-refractivity contribution in [2.75, 3.05) is 19.6 Å². The Morgan fingerprint density at radius 1 is 1.17 bits per heavy atom. The summed E-state index contributed by atoms with van der Waals surface area (Å²) in [5.74, 6) is 0.822. The van der Waals surface area contributed by atoms with Gasteiger partial charge in [-0.3, -0.25) is 9.79 Å². The van der Waals surface area contributed by atoms with E-state index < -0.39 is 0 Å². The van der Waals surface area contributed by atoms with Crippen LogP contribution in [-0.4, -0.2) is 37.5 Å². The highest BCUT2D eigenvalue weighted by atomic mass is 127. The molecule has 0 aromatic heterocycles. The minimum absolute atomic E-state index is 0. The second-order valence-electron chi connectivity index (χ2n) is 5.55. The van der Waals surface area contributed by atoms with Crippen LogP contribution in [0.15, 0.2) is 35.3 Å². The molecule has 0 saturated heterocycles. The second kappa shape index (κ2) is 14.1. The van der Waals surface area contributed by atoms with E-state index >= 15 is 0 Å². The van der Waals surface area contributed by atoms with Crippen LogP contribution in [0.25, 0.3) is 0 Å². The molecule has 0 radical (unpaired) electrons. The number of aliphatic imine (C=N–C) groups is 1. The van der Waals surface area contributed by atoms with Gasteiger partial charge in [0.25, 0.3) is 0 Å². The van der Waals surface area contributed by atoms with Crippen LogP contribution in [0.4, 0.5) is 0 Å². The minimum Gasteiger partial charge on any atom is -0.357 e. The zero-order chi connectivity index (χ0) is 16.9. The van der Waals surface area contributed by atoms with Gasteiger partial charge < -0.3 is 16.0 Å². The van der Waals surface area contributed by atoms with Gasteiger partial charge in [0.05, 0.1) is 6.54 Å². The summed E-state index contributed by atoms with van der Waals surface area (Å²) in [6, 6.07) is 10.6. The quantitative estimate of drug-likeness (QED) is 0.311. The largest absolute Gasteiger partial charge is 0.357 e. The third-order valence-electron chi connectivity index (χ3n) is 3.52. The van der Waals surface area contributed by atoms with Crippen molar-refractivity contribution in [2.45, 2.75) is 46.1 Å². The van der Waals surface area contributed by atoms with E-state index in [0.29, 0.717) is 13.0 Å². The molecule has 0 saturated carbocycles. The van der Waals surface area contributed by atoms with Gasteiger partial charge in [0.1, 0.15) is 0 Å². The summed E-state index contributed by atoms with van der Waals surface area (Å²) in [7, 11) is 0. The lowest BCUT2D eigenvalue weighted by atomic mass is 10.1. The number of nitrogens with one attached hydrogen (secondary N) is 3. The molecule has 1 amide bonds. The molecule has 0 bridgehead atoms. The first kappa shape index (κ1) is 22.7. The Kier molecular flexibility index (Phi) is 13.3. The molecule has 5 nitrogen and oxygen atoms in total. The topological polar surface area (TPSA) is 65.5 Å². The Labute approximate surface area is 163 Å². The number of rotatable bonds is 9. The zero-order valence-corrected chi connectivity index (χ0v) is 17.3. The van der Waals surface area contributed by atoms with Crippen LogP contribution in [0.2, 0.25) is 0 Å². The van der Waals surface area contributed by atoms with Crippen molar-refractivity contribution < 1.29 is 4.79 Å². The van der Waals surface area contributed by atoms with Gasteiger partial charge >= 0.3 is 0 Å². The van der Waals surface area contributed by atoms with E-state index in [1.54, 1.807) is 0 Å². The molecule has 1 unspecified atom stereocenters.